The van der Waals surface area contributed by atoms with Crippen molar-refractivity contribution in [1.29, 1.82) is 0 Å². The van der Waals surface area contributed by atoms with Crippen LogP contribution in [-0.2, 0) is 0 Å². The Labute approximate surface area is 316 Å². The maximum Gasteiger partial charge on any atom is 0.0606 e. The third-order valence-corrected chi connectivity index (χ3v) is 11.3. The fraction of sp³-hybridized carbons (Fsp3) is 0.419. The van der Waals surface area contributed by atoms with Crippen LogP contribution in [0.3, 0.4) is 0 Å². The van der Waals surface area contributed by atoms with Gasteiger partial charge < -0.3 is 24.9 Å². The van der Waals surface area contributed by atoms with Crippen molar-refractivity contribution >= 4 is 51.3 Å². The van der Waals surface area contributed by atoms with Crippen LogP contribution in [0.25, 0.3) is 12.2 Å². The van der Waals surface area contributed by atoms with Gasteiger partial charge in [0.1, 0.15) is 0 Å². The number of allylic oxidation sites excluding steroid dienone is 8. The Balaban J connectivity index is 1.42. The lowest BCUT2D eigenvalue weighted by molar-refractivity contribution is 0.245. The predicted octanol–water partition coefficient (Wildman–Crippen LogP) is 9.16. The van der Waals surface area contributed by atoms with E-state index < -0.39 is 0 Å². The minimum Gasteiger partial charge on any atom is -0.395 e. The van der Waals surface area contributed by atoms with E-state index in [-0.39, 0.29) is 18.8 Å². The number of hydrogen-bond donors (Lipinski definition) is 2. The topological polar surface area (TPSA) is 62.5 Å². The molecule has 0 spiro atoms. The Kier molecular flexibility index (Phi) is 18.5. The van der Waals surface area contributed by atoms with Crippen molar-refractivity contribution in [3.05, 3.63) is 119 Å². The Hall–Kier alpha value is -3.43. The molecular formula is C43H60N4O2S2. The molecule has 2 aromatic rings. The van der Waals surface area contributed by atoms with Gasteiger partial charge in [-0.2, -0.15) is 0 Å². The van der Waals surface area contributed by atoms with Gasteiger partial charge in [-0.05, 0) is 118 Å². The molecule has 0 saturated heterocycles. The molecule has 0 fully saturated rings. The zero-order chi connectivity index (χ0) is 37.1. The number of benzene rings is 2. The van der Waals surface area contributed by atoms with Gasteiger partial charge in [0.05, 0.1) is 18.8 Å². The third-order valence-electron chi connectivity index (χ3n) is 8.89. The normalized spacial score (nSPS) is 14.9. The second-order valence-corrected chi connectivity index (χ2v) is 15.7. The summed E-state index contributed by atoms with van der Waals surface area (Å²) in [5, 5.41) is 18.7. The summed E-state index contributed by atoms with van der Waals surface area (Å²) in [7, 11) is 3.80. The highest BCUT2D eigenvalue weighted by atomic mass is 33.1. The SMILES string of the molecule is C/C=C/C(/C=C/c1ccc(N(CC)CCO)cc1C)=C\C=N\CCSSCCN1C=CC(/C=C/c2ccc(N(CC)CCO)cc2C)=CC1(C)C. The van der Waals surface area contributed by atoms with Gasteiger partial charge in [-0.25, -0.2) is 0 Å². The second-order valence-electron chi connectivity index (χ2n) is 13.0. The van der Waals surface area contributed by atoms with Gasteiger partial charge in [0, 0.05) is 74.6 Å². The number of aryl methyl sites for hydroxylation is 2. The molecule has 0 saturated carbocycles. The van der Waals surface area contributed by atoms with Gasteiger partial charge in [0.15, 0.2) is 0 Å². The lowest BCUT2D eigenvalue weighted by Crippen LogP contribution is -2.41. The Bertz CT molecular complexity index is 1590. The molecule has 276 valence electrons. The Morgan fingerprint density at radius 3 is 2.00 bits per heavy atom. The number of nitrogens with zero attached hydrogens (tertiary/aromatic N) is 4. The number of aliphatic hydroxyl groups excluding tert-OH is 2. The van der Waals surface area contributed by atoms with Gasteiger partial charge >= 0.3 is 0 Å². The fourth-order valence-electron chi connectivity index (χ4n) is 5.93. The molecule has 1 aliphatic rings. The van der Waals surface area contributed by atoms with Crippen LogP contribution in [0.5, 0.6) is 0 Å². The minimum atomic E-state index is -0.0566. The summed E-state index contributed by atoms with van der Waals surface area (Å²) < 4.78 is 0. The maximum absolute atomic E-state index is 9.36. The van der Waals surface area contributed by atoms with Crippen LogP contribution in [0.15, 0.2) is 101 Å². The molecule has 8 heteroatoms. The molecule has 0 aliphatic carbocycles. The first-order valence-corrected chi connectivity index (χ1v) is 20.7. The van der Waals surface area contributed by atoms with E-state index in [1.807, 2.05) is 34.7 Å². The van der Waals surface area contributed by atoms with Gasteiger partial charge in [-0.3, -0.25) is 4.99 Å². The largest absolute Gasteiger partial charge is 0.395 e. The van der Waals surface area contributed by atoms with E-state index in [1.54, 1.807) is 0 Å². The fourth-order valence-corrected chi connectivity index (χ4v) is 7.77. The van der Waals surface area contributed by atoms with Crippen molar-refractivity contribution in [2.24, 2.45) is 4.99 Å². The quantitative estimate of drug-likeness (QED) is 0.0576. The smallest absolute Gasteiger partial charge is 0.0606 e. The molecule has 0 amide bonds. The van der Waals surface area contributed by atoms with Crippen molar-refractivity contribution in [3.8, 4) is 0 Å². The summed E-state index contributed by atoms with van der Waals surface area (Å²) in [6.45, 7) is 20.2. The van der Waals surface area contributed by atoms with Crippen molar-refractivity contribution in [1.82, 2.24) is 4.90 Å². The van der Waals surface area contributed by atoms with Gasteiger partial charge in [0.2, 0.25) is 0 Å². The van der Waals surface area contributed by atoms with Crippen LogP contribution >= 0.6 is 21.6 Å². The molecular weight excluding hydrogens is 669 g/mol. The highest BCUT2D eigenvalue weighted by Crippen LogP contribution is 2.28. The van der Waals surface area contributed by atoms with Crippen LogP contribution in [0.2, 0.25) is 0 Å². The summed E-state index contributed by atoms with van der Waals surface area (Å²) in [6, 6.07) is 13.0. The number of aliphatic hydroxyl groups is 2. The van der Waals surface area contributed by atoms with Crippen LogP contribution in [-0.4, -0.2) is 90.9 Å². The van der Waals surface area contributed by atoms with Crippen molar-refractivity contribution < 1.29 is 10.2 Å². The van der Waals surface area contributed by atoms with Crippen molar-refractivity contribution in [2.75, 3.05) is 73.8 Å². The number of aliphatic imine (C=N–C) groups is 1. The van der Waals surface area contributed by atoms with E-state index in [2.05, 4.69) is 159 Å². The lowest BCUT2D eigenvalue weighted by Gasteiger charge is -2.38. The molecule has 1 aliphatic heterocycles. The number of rotatable bonds is 21. The average Bonchev–Trinajstić information content (AvgIpc) is 3.11. The molecule has 1 heterocycles. The monoisotopic (exact) mass is 728 g/mol. The third kappa shape index (κ3) is 13.9. The number of anilines is 2. The van der Waals surface area contributed by atoms with E-state index in [4.69, 9.17) is 0 Å². The lowest BCUT2D eigenvalue weighted by atomic mass is 9.95. The molecule has 51 heavy (non-hydrogen) atoms. The predicted molar refractivity (Wildman–Crippen MR) is 230 cm³/mol. The van der Waals surface area contributed by atoms with Crippen LogP contribution in [0, 0.1) is 13.8 Å². The summed E-state index contributed by atoms with van der Waals surface area (Å²) in [6.07, 6.45) is 23.6. The van der Waals surface area contributed by atoms with E-state index in [9.17, 15) is 10.2 Å². The number of likely N-dealkylation sites (N-methyl/N-ethyl adjacent to an activating group) is 2. The van der Waals surface area contributed by atoms with Crippen LogP contribution < -0.4 is 9.80 Å². The standard InChI is InChI=1S/C43H60N4O2S2/c1-8-11-37(12-14-39-16-18-41(32-35(39)4)45(9-2)25-28-48)20-22-44-23-30-50-51-31-27-47-24-21-38(34-43(47,6)7)13-15-40-17-19-42(33-36(40)5)46(10-3)26-29-49/h8,11-22,24,32-34,48-49H,9-10,23,25-31H2,1-7H3/b11-8+,14-12+,15-13+,37-20+,44-22+. The van der Waals surface area contributed by atoms with Crippen molar-refractivity contribution in [3.63, 3.8) is 0 Å². The van der Waals surface area contributed by atoms with E-state index in [0.29, 0.717) is 13.1 Å². The average molecular weight is 729 g/mol. The molecule has 0 radical (unpaired) electrons. The van der Waals surface area contributed by atoms with E-state index in [0.717, 1.165) is 54.6 Å². The molecule has 0 unspecified atom stereocenters. The molecule has 0 bridgehead atoms. The molecule has 2 N–H and O–H groups in total. The van der Waals surface area contributed by atoms with Crippen LogP contribution in [0.4, 0.5) is 11.4 Å². The zero-order valence-electron chi connectivity index (χ0n) is 31.9. The van der Waals surface area contributed by atoms with Gasteiger partial charge in [-0.15, -0.1) is 0 Å². The highest BCUT2D eigenvalue weighted by Gasteiger charge is 2.24. The van der Waals surface area contributed by atoms with Gasteiger partial charge in [-0.1, -0.05) is 76.3 Å². The van der Waals surface area contributed by atoms with Crippen LogP contribution in [0.1, 0.15) is 56.9 Å². The minimum absolute atomic E-state index is 0.0566. The summed E-state index contributed by atoms with van der Waals surface area (Å²) in [5.41, 5.74) is 9.41. The summed E-state index contributed by atoms with van der Waals surface area (Å²) in [5.74, 6) is 2.03. The van der Waals surface area contributed by atoms with Crippen molar-refractivity contribution in [2.45, 2.75) is 54.0 Å². The molecule has 2 aromatic carbocycles. The maximum atomic E-state index is 9.36. The molecule has 3 rings (SSSR count). The summed E-state index contributed by atoms with van der Waals surface area (Å²) >= 11 is 0. The molecule has 6 nitrogen and oxygen atoms in total. The second kappa shape index (κ2) is 22.5. The molecule has 0 aromatic heterocycles. The highest BCUT2D eigenvalue weighted by molar-refractivity contribution is 8.76. The Morgan fingerprint density at radius 1 is 0.843 bits per heavy atom. The summed E-state index contributed by atoms with van der Waals surface area (Å²) in [4.78, 5) is 11.4. The van der Waals surface area contributed by atoms with Gasteiger partial charge in [0.25, 0.3) is 0 Å². The first-order valence-electron chi connectivity index (χ1n) is 18.2. The van der Waals surface area contributed by atoms with E-state index in [1.165, 1.54) is 27.8 Å². The molecule has 0 atom stereocenters. The Morgan fingerprint density at radius 2 is 1.45 bits per heavy atom. The first-order chi connectivity index (χ1) is 24.6. The zero-order valence-corrected chi connectivity index (χ0v) is 33.5. The first kappa shape index (κ1) is 42.0. The van der Waals surface area contributed by atoms with E-state index >= 15 is 0 Å². The number of hydrogen-bond acceptors (Lipinski definition) is 8.